The number of fused-ring (bicyclic) bond motifs is 1. The van der Waals surface area contributed by atoms with Crippen LogP contribution in [0.2, 0.25) is 0 Å². The number of hydrogen-bond acceptors (Lipinski definition) is 7. The Bertz CT molecular complexity index is 1360. The minimum absolute atomic E-state index is 0.00922. The van der Waals surface area contributed by atoms with Gasteiger partial charge in [-0.3, -0.25) is 0 Å². The summed E-state index contributed by atoms with van der Waals surface area (Å²) >= 11 is 0.770. The van der Waals surface area contributed by atoms with E-state index in [1.54, 1.807) is 12.1 Å². The highest BCUT2D eigenvalue weighted by Gasteiger charge is 2.28. The molecule has 174 valence electrons. The Balaban J connectivity index is 1.78. The molecule has 0 N–H and O–H groups in total. The van der Waals surface area contributed by atoms with E-state index in [4.69, 9.17) is 9.72 Å². The monoisotopic (exact) mass is 496 g/mol. The second kappa shape index (κ2) is 8.23. The largest absolute Gasteiger partial charge is 0.381 e. The van der Waals surface area contributed by atoms with E-state index in [1.165, 1.54) is 12.1 Å². The third-order valence-electron chi connectivity index (χ3n) is 5.67. The molecule has 0 aliphatic carbocycles. The van der Waals surface area contributed by atoms with Crippen LogP contribution < -0.4 is 0 Å². The van der Waals surface area contributed by atoms with Crippen LogP contribution in [-0.4, -0.2) is 45.9 Å². The first-order chi connectivity index (χ1) is 14.9. The second-order valence-corrected chi connectivity index (χ2v) is 14.9. The van der Waals surface area contributed by atoms with Crippen molar-refractivity contribution in [2.45, 2.75) is 58.9 Å². The minimum atomic E-state index is -3.85. The highest BCUT2D eigenvalue weighted by atomic mass is 32.3. The van der Waals surface area contributed by atoms with Crippen LogP contribution in [0.5, 0.6) is 0 Å². The van der Waals surface area contributed by atoms with Crippen LogP contribution in [0.15, 0.2) is 43.6 Å². The maximum Gasteiger partial charge on any atom is 0.216 e. The number of nitrogens with zero attached hydrogens (tertiary/aromatic N) is 2. The molecule has 7 nitrogen and oxygen atoms in total. The predicted molar refractivity (Wildman–Crippen MR) is 125 cm³/mol. The fraction of sp³-hybridized carbons (Fsp3) is 0.500. The van der Waals surface area contributed by atoms with Crippen LogP contribution in [0.4, 0.5) is 0 Å². The molecule has 3 heterocycles. The van der Waals surface area contributed by atoms with Gasteiger partial charge >= 0.3 is 0 Å². The molecule has 1 saturated heterocycles. The lowest BCUT2D eigenvalue weighted by molar-refractivity contribution is 0.0611. The van der Waals surface area contributed by atoms with Crippen LogP contribution in [-0.2, 0) is 36.4 Å². The number of rotatable bonds is 5. The van der Waals surface area contributed by atoms with E-state index in [-0.39, 0.29) is 18.7 Å². The van der Waals surface area contributed by atoms with Gasteiger partial charge in [0.05, 0.1) is 15.9 Å². The van der Waals surface area contributed by atoms with Gasteiger partial charge in [0.2, 0.25) is 9.84 Å². The highest BCUT2D eigenvalue weighted by molar-refractivity contribution is 7.95. The molecule has 0 spiro atoms. The van der Waals surface area contributed by atoms with Crippen molar-refractivity contribution in [3.63, 3.8) is 0 Å². The molecule has 1 aliphatic rings. The molecule has 0 amide bonds. The van der Waals surface area contributed by atoms with Gasteiger partial charge in [0, 0.05) is 31.4 Å². The Morgan fingerprint density at radius 2 is 1.72 bits per heavy atom. The lowest BCUT2D eigenvalue weighted by Gasteiger charge is -2.26. The first kappa shape index (κ1) is 23.4. The number of hydrogen-bond donors (Lipinski definition) is 0. The number of imidazole rings is 1. The van der Waals surface area contributed by atoms with E-state index in [1.807, 2.05) is 6.07 Å². The third kappa shape index (κ3) is 4.50. The molecular weight excluding hydrogens is 468 g/mol. The first-order valence-corrected chi connectivity index (χ1v) is 14.7. The predicted octanol–water partition coefficient (Wildman–Crippen LogP) is 4.06. The molecule has 0 atom stereocenters. The molecule has 0 unspecified atom stereocenters. The summed E-state index contributed by atoms with van der Waals surface area (Å²) < 4.78 is 57.7. The van der Waals surface area contributed by atoms with E-state index in [9.17, 15) is 16.8 Å². The smallest absolute Gasteiger partial charge is 0.216 e. The van der Waals surface area contributed by atoms with Crippen LogP contribution in [0.3, 0.4) is 0 Å². The quantitative estimate of drug-likeness (QED) is 0.529. The van der Waals surface area contributed by atoms with Crippen molar-refractivity contribution in [2.75, 3.05) is 19.5 Å². The fourth-order valence-electron chi connectivity index (χ4n) is 3.98. The molecule has 4 rings (SSSR count). The first-order valence-electron chi connectivity index (χ1n) is 10.5. The summed E-state index contributed by atoms with van der Waals surface area (Å²) in [5, 5.41) is 0. The van der Waals surface area contributed by atoms with E-state index >= 15 is 0 Å². The summed E-state index contributed by atoms with van der Waals surface area (Å²) in [7, 11) is -7.31. The zero-order valence-corrected chi connectivity index (χ0v) is 21.1. The van der Waals surface area contributed by atoms with Gasteiger partial charge in [-0.2, -0.15) is 0 Å². The van der Waals surface area contributed by atoms with Gasteiger partial charge in [-0.05, 0) is 49.1 Å². The van der Waals surface area contributed by atoms with Crippen LogP contribution in [0, 0.1) is 5.92 Å². The topological polar surface area (TPSA) is 95.3 Å². The van der Waals surface area contributed by atoms with Crippen LogP contribution in [0.1, 0.15) is 39.4 Å². The van der Waals surface area contributed by atoms with Crippen molar-refractivity contribution < 1.29 is 21.6 Å². The standard InChI is InChI=1S/C22H28N2O5S3/c1-22(2,3)21-23-17-13-16(32(27,28)20-8-7-19(30-20)31(4,25)26)5-6-18(17)24(21)14-15-9-11-29-12-10-15/h5-8,13,15H,9-12,14H2,1-4H3. The number of ether oxygens (including phenoxy) is 1. The van der Waals surface area contributed by atoms with Gasteiger partial charge in [-0.15, -0.1) is 11.3 Å². The normalized spacial score (nSPS) is 16.6. The van der Waals surface area contributed by atoms with Crippen molar-refractivity contribution >= 4 is 42.0 Å². The van der Waals surface area contributed by atoms with Crippen molar-refractivity contribution in [3.05, 3.63) is 36.2 Å². The summed E-state index contributed by atoms with van der Waals surface area (Å²) in [6.07, 6.45) is 3.06. The molecule has 1 aromatic carbocycles. The van der Waals surface area contributed by atoms with Crippen LogP contribution >= 0.6 is 11.3 Å². The van der Waals surface area contributed by atoms with Crippen molar-refractivity contribution in [2.24, 2.45) is 5.92 Å². The zero-order chi connectivity index (χ0) is 23.3. The number of sulfone groups is 2. The lowest BCUT2D eigenvalue weighted by Crippen LogP contribution is -2.25. The van der Waals surface area contributed by atoms with Gasteiger partial charge in [0.1, 0.15) is 14.2 Å². The second-order valence-electron chi connectivity index (χ2n) is 9.35. The fourth-order valence-corrected chi connectivity index (χ4v) is 7.79. The number of benzene rings is 1. The summed E-state index contributed by atoms with van der Waals surface area (Å²) in [5.41, 5.74) is 1.33. The molecule has 0 saturated carbocycles. The Hall–Kier alpha value is -1.75. The molecule has 0 bridgehead atoms. The number of thiophene rings is 1. The van der Waals surface area contributed by atoms with Gasteiger partial charge in [0.25, 0.3) is 0 Å². The Morgan fingerprint density at radius 3 is 2.31 bits per heavy atom. The molecule has 0 radical (unpaired) electrons. The van der Waals surface area contributed by atoms with E-state index in [0.29, 0.717) is 11.4 Å². The average Bonchev–Trinajstić information content (AvgIpc) is 3.34. The minimum Gasteiger partial charge on any atom is -0.381 e. The van der Waals surface area contributed by atoms with E-state index in [2.05, 4.69) is 25.3 Å². The van der Waals surface area contributed by atoms with Gasteiger partial charge in [-0.1, -0.05) is 20.8 Å². The van der Waals surface area contributed by atoms with Crippen molar-refractivity contribution in [3.8, 4) is 0 Å². The Kier molecular flexibility index (Phi) is 6.02. The third-order valence-corrected chi connectivity index (χ3v) is 10.8. The van der Waals surface area contributed by atoms with Gasteiger partial charge in [0.15, 0.2) is 9.84 Å². The molecule has 3 aromatic rings. The SMILES string of the molecule is CC(C)(C)c1nc2cc(S(=O)(=O)c3ccc(S(C)(=O)=O)s3)ccc2n1CC1CCOCC1. The zero-order valence-electron chi connectivity index (χ0n) is 18.7. The molecule has 32 heavy (non-hydrogen) atoms. The molecular formula is C22H28N2O5S3. The average molecular weight is 497 g/mol. The van der Waals surface area contributed by atoms with E-state index in [0.717, 1.165) is 61.5 Å². The number of aromatic nitrogens is 2. The Morgan fingerprint density at radius 1 is 1.06 bits per heavy atom. The molecule has 2 aromatic heterocycles. The van der Waals surface area contributed by atoms with Crippen molar-refractivity contribution in [1.82, 2.24) is 9.55 Å². The van der Waals surface area contributed by atoms with Crippen LogP contribution in [0.25, 0.3) is 11.0 Å². The maximum absolute atomic E-state index is 13.2. The summed E-state index contributed by atoms with van der Waals surface area (Å²) in [5.74, 6) is 1.41. The Labute approximate surface area is 193 Å². The maximum atomic E-state index is 13.2. The summed E-state index contributed by atoms with van der Waals surface area (Å²) in [6.45, 7) is 8.66. The summed E-state index contributed by atoms with van der Waals surface area (Å²) in [4.78, 5) is 4.95. The van der Waals surface area contributed by atoms with Gasteiger partial charge in [-0.25, -0.2) is 21.8 Å². The molecule has 1 aliphatic heterocycles. The molecule has 1 fully saturated rings. The lowest BCUT2D eigenvalue weighted by atomic mass is 9.94. The summed E-state index contributed by atoms with van der Waals surface area (Å²) in [6, 6.07) is 7.69. The van der Waals surface area contributed by atoms with E-state index < -0.39 is 19.7 Å². The molecule has 10 heteroatoms. The highest BCUT2D eigenvalue weighted by Crippen LogP contribution is 2.34. The van der Waals surface area contributed by atoms with Gasteiger partial charge < -0.3 is 9.30 Å². The van der Waals surface area contributed by atoms with Crippen molar-refractivity contribution in [1.29, 1.82) is 0 Å².